The highest BCUT2D eigenvalue weighted by molar-refractivity contribution is 5.98. The van der Waals surface area contributed by atoms with E-state index in [1.807, 2.05) is 0 Å². The quantitative estimate of drug-likeness (QED) is 0.545. The fourth-order valence-electron chi connectivity index (χ4n) is 2.80. The molecule has 0 spiro atoms. The molecule has 1 aromatic carbocycles. The van der Waals surface area contributed by atoms with Crippen molar-refractivity contribution in [3.63, 3.8) is 0 Å². The molecule has 1 fully saturated rings. The van der Waals surface area contributed by atoms with Crippen molar-refractivity contribution in [1.29, 1.82) is 0 Å². The highest BCUT2D eigenvalue weighted by atomic mass is 16.6. The van der Waals surface area contributed by atoms with Gasteiger partial charge in [0, 0.05) is 25.7 Å². The molecule has 1 N–H and O–H groups in total. The molecule has 1 aliphatic heterocycles. The SMILES string of the molecule is COc1ccc([N+](=O)[O-])c(C(=O)N2CCOC(CN(C)CC(=O)O)C2)c1. The number of nitrogens with zero attached hydrogens (tertiary/aromatic N) is 3. The van der Waals surface area contributed by atoms with Crippen LogP contribution in [0.3, 0.4) is 0 Å². The van der Waals surface area contributed by atoms with Gasteiger partial charge in [-0.1, -0.05) is 0 Å². The van der Waals surface area contributed by atoms with Crippen LogP contribution in [0.25, 0.3) is 0 Å². The molecule has 1 saturated heterocycles. The lowest BCUT2D eigenvalue weighted by Gasteiger charge is -2.34. The van der Waals surface area contributed by atoms with Crippen molar-refractivity contribution in [2.45, 2.75) is 6.10 Å². The molecule has 1 aromatic rings. The Hall–Kier alpha value is -2.72. The highest BCUT2D eigenvalue weighted by Crippen LogP contribution is 2.26. The monoisotopic (exact) mass is 367 g/mol. The van der Waals surface area contributed by atoms with E-state index >= 15 is 0 Å². The standard InChI is InChI=1S/C16H21N3O7/c1-17(10-15(20)21)8-12-9-18(5-6-26-12)16(22)13-7-11(25-2)3-4-14(13)19(23)24/h3-4,7,12H,5-6,8-10H2,1-2H3,(H,20,21). The summed E-state index contributed by atoms with van der Waals surface area (Å²) in [6.45, 7) is 0.976. The number of hydrogen-bond donors (Lipinski definition) is 1. The first-order valence-corrected chi connectivity index (χ1v) is 7.95. The minimum Gasteiger partial charge on any atom is -0.497 e. The lowest BCUT2D eigenvalue weighted by Crippen LogP contribution is -2.49. The second kappa shape index (κ2) is 8.59. The fourth-order valence-corrected chi connectivity index (χ4v) is 2.80. The van der Waals surface area contributed by atoms with E-state index in [9.17, 15) is 19.7 Å². The van der Waals surface area contributed by atoms with E-state index in [1.165, 1.54) is 30.2 Å². The number of aliphatic carboxylic acids is 1. The summed E-state index contributed by atoms with van der Waals surface area (Å²) < 4.78 is 10.6. The van der Waals surface area contributed by atoms with E-state index in [2.05, 4.69) is 0 Å². The summed E-state index contributed by atoms with van der Waals surface area (Å²) in [5.74, 6) is -1.09. The molecular formula is C16H21N3O7. The van der Waals surface area contributed by atoms with Gasteiger partial charge in [0.1, 0.15) is 11.3 Å². The lowest BCUT2D eigenvalue weighted by molar-refractivity contribution is -0.385. The topological polar surface area (TPSA) is 122 Å². The third-order valence-electron chi connectivity index (χ3n) is 3.98. The van der Waals surface area contributed by atoms with Crippen molar-refractivity contribution in [3.8, 4) is 5.75 Å². The number of benzene rings is 1. The summed E-state index contributed by atoms with van der Waals surface area (Å²) in [7, 11) is 3.06. The van der Waals surface area contributed by atoms with Crippen molar-refractivity contribution in [2.24, 2.45) is 0 Å². The van der Waals surface area contributed by atoms with Crippen LogP contribution in [0.5, 0.6) is 5.75 Å². The molecule has 1 atom stereocenters. The number of carboxylic acids is 1. The van der Waals surface area contributed by atoms with Gasteiger partial charge in [0.2, 0.25) is 0 Å². The van der Waals surface area contributed by atoms with Crippen molar-refractivity contribution in [3.05, 3.63) is 33.9 Å². The fraction of sp³-hybridized carbons (Fsp3) is 0.500. The van der Waals surface area contributed by atoms with Crippen LogP contribution in [0.1, 0.15) is 10.4 Å². The van der Waals surface area contributed by atoms with Gasteiger partial charge in [-0.15, -0.1) is 0 Å². The van der Waals surface area contributed by atoms with E-state index < -0.39 is 16.8 Å². The largest absolute Gasteiger partial charge is 0.497 e. The first-order chi connectivity index (χ1) is 12.3. The van der Waals surface area contributed by atoms with Gasteiger partial charge in [-0.05, 0) is 19.2 Å². The van der Waals surface area contributed by atoms with E-state index in [0.717, 1.165) is 0 Å². The molecule has 1 amide bonds. The second-order valence-electron chi connectivity index (χ2n) is 5.97. The molecule has 0 saturated carbocycles. The Morgan fingerprint density at radius 2 is 2.23 bits per heavy atom. The number of methoxy groups -OCH3 is 1. The Morgan fingerprint density at radius 3 is 2.85 bits per heavy atom. The molecule has 0 bridgehead atoms. The van der Waals surface area contributed by atoms with Gasteiger partial charge in [0.15, 0.2) is 0 Å². The minimum atomic E-state index is -0.955. The molecule has 0 aromatic heterocycles. The second-order valence-corrected chi connectivity index (χ2v) is 5.97. The third-order valence-corrected chi connectivity index (χ3v) is 3.98. The molecule has 1 unspecified atom stereocenters. The van der Waals surface area contributed by atoms with Crippen LogP contribution in [0, 0.1) is 10.1 Å². The van der Waals surface area contributed by atoms with Crippen molar-refractivity contribution in [1.82, 2.24) is 9.80 Å². The van der Waals surface area contributed by atoms with Crippen LogP contribution in [0.2, 0.25) is 0 Å². The first-order valence-electron chi connectivity index (χ1n) is 7.95. The third kappa shape index (κ3) is 4.90. The first kappa shape index (κ1) is 19.6. The van der Waals surface area contributed by atoms with Gasteiger partial charge in [0.25, 0.3) is 11.6 Å². The summed E-state index contributed by atoms with van der Waals surface area (Å²) in [6, 6.07) is 4.02. The number of likely N-dealkylation sites (N-methyl/N-ethyl adjacent to an activating group) is 1. The van der Waals surface area contributed by atoms with Crippen LogP contribution in [-0.4, -0.2) is 84.8 Å². The predicted molar refractivity (Wildman–Crippen MR) is 90.4 cm³/mol. The average molecular weight is 367 g/mol. The Morgan fingerprint density at radius 1 is 1.50 bits per heavy atom. The van der Waals surface area contributed by atoms with Crippen LogP contribution < -0.4 is 4.74 Å². The number of rotatable bonds is 7. The van der Waals surface area contributed by atoms with Gasteiger partial charge < -0.3 is 19.5 Å². The molecule has 0 aliphatic carbocycles. The highest BCUT2D eigenvalue weighted by Gasteiger charge is 2.30. The maximum atomic E-state index is 12.8. The zero-order valence-corrected chi connectivity index (χ0v) is 14.6. The normalized spacial score (nSPS) is 17.2. The predicted octanol–water partition coefficient (Wildman–Crippen LogP) is 0.461. The Labute approximate surface area is 150 Å². The van der Waals surface area contributed by atoms with Gasteiger partial charge in [-0.3, -0.25) is 24.6 Å². The molecule has 1 heterocycles. The molecule has 142 valence electrons. The maximum absolute atomic E-state index is 12.8. The number of carbonyl (C=O) groups excluding carboxylic acids is 1. The molecular weight excluding hydrogens is 346 g/mol. The Balaban J connectivity index is 2.14. The van der Waals surface area contributed by atoms with E-state index in [1.54, 1.807) is 11.9 Å². The molecule has 10 heteroatoms. The summed E-state index contributed by atoms with van der Waals surface area (Å²) >= 11 is 0. The summed E-state index contributed by atoms with van der Waals surface area (Å²) in [5.41, 5.74) is -0.337. The van der Waals surface area contributed by atoms with Crippen LogP contribution in [0.4, 0.5) is 5.69 Å². The molecule has 10 nitrogen and oxygen atoms in total. The van der Waals surface area contributed by atoms with Gasteiger partial charge >= 0.3 is 5.97 Å². The number of amides is 1. The number of hydrogen-bond acceptors (Lipinski definition) is 7. The zero-order valence-electron chi connectivity index (χ0n) is 14.6. The van der Waals surface area contributed by atoms with Gasteiger partial charge in [0.05, 0.1) is 31.3 Å². The molecule has 1 aliphatic rings. The van der Waals surface area contributed by atoms with E-state index in [-0.39, 0.29) is 37.1 Å². The molecule has 0 radical (unpaired) electrons. The summed E-state index contributed by atoms with van der Waals surface area (Å²) in [6.07, 6.45) is -0.373. The van der Waals surface area contributed by atoms with Gasteiger partial charge in [-0.2, -0.15) is 0 Å². The number of ether oxygens (including phenoxy) is 2. The van der Waals surface area contributed by atoms with Crippen molar-refractivity contribution < 1.29 is 29.1 Å². The van der Waals surface area contributed by atoms with Crippen molar-refractivity contribution in [2.75, 3.05) is 46.9 Å². The Kier molecular flexibility index (Phi) is 6.47. The minimum absolute atomic E-state index is 0.0473. The van der Waals surface area contributed by atoms with E-state index in [0.29, 0.717) is 18.8 Å². The van der Waals surface area contributed by atoms with Gasteiger partial charge in [-0.25, -0.2) is 0 Å². The summed E-state index contributed by atoms with van der Waals surface area (Å²) in [5, 5.41) is 20.0. The number of morpholine rings is 1. The Bertz CT molecular complexity index is 694. The van der Waals surface area contributed by atoms with Crippen LogP contribution in [-0.2, 0) is 9.53 Å². The number of carboxylic acid groups (broad SMARTS) is 1. The number of carbonyl (C=O) groups is 2. The average Bonchev–Trinajstić information content (AvgIpc) is 2.59. The molecule has 26 heavy (non-hydrogen) atoms. The maximum Gasteiger partial charge on any atom is 0.317 e. The number of nitro benzene ring substituents is 1. The molecule has 2 rings (SSSR count). The number of nitro groups is 1. The van der Waals surface area contributed by atoms with Crippen LogP contribution in [0.15, 0.2) is 18.2 Å². The zero-order chi connectivity index (χ0) is 19.3. The lowest BCUT2D eigenvalue weighted by atomic mass is 10.1. The smallest absolute Gasteiger partial charge is 0.317 e. The van der Waals surface area contributed by atoms with E-state index in [4.69, 9.17) is 14.6 Å². The van der Waals surface area contributed by atoms with Crippen LogP contribution >= 0.6 is 0 Å². The summed E-state index contributed by atoms with van der Waals surface area (Å²) in [4.78, 5) is 37.2. The van der Waals surface area contributed by atoms with Crippen molar-refractivity contribution >= 4 is 17.6 Å².